The molecule has 0 aliphatic carbocycles. The minimum Gasteiger partial charge on any atom is -0.261 e. The summed E-state index contributed by atoms with van der Waals surface area (Å²) in [7, 11) is 0. The fourth-order valence-corrected chi connectivity index (χ4v) is 0.105. The third-order valence-electron chi connectivity index (χ3n) is 0.541. The van der Waals surface area contributed by atoms with Crippen molar-refractivity contribution in [2.24, 2.45) is 0 Å². The molecule has 0 bridgehead atoms. The fraction of sp³-hybridized carbons (Fsp3) is 0.750. The number of nitrogens with zero attached hydrogens (tertiary/aromatic N) is 1. The van der Waals surface area contributed by atoms with Crippen LogP contribution in [0.15, 0.2) is 0 Å². The summed E-state index contributed by atoms with van der Waals surface area (Å²) >= 11 is 0. The van der Waals surface area contributed by atoms with Crippen LogP contribution in [0.25, 0.3) is 0 Å². The largest absolute Gasteiger partial charge is 0.342 e. The molecule has 0 heterocycles. The second-order valence-electron chi connectivity index (χ2n) is 1.50. The molecular formula is C4H7FNO. The lowest BCUT2D eigenvalue weighted by molar-refractivity contribution is 0.0785. The summed E-state index contributed by atoms with van der Waals surface area (Å²) in [5.74, 6) is 0. The first kappa shape index (κ1) is 6.40. The first-order valence-corrected chi connectivity index (χ1v) is 2.01. The zero-order chi connectivity index (χ0) is 5.86. The summed E-state index contributed by atoms with van der Waals surface area (Å²) in [6.07, 6.45) is 1.08. The van der Waals surface area contributed by atoms with Gasteiger partial charge in [-0.15, -0.1) is 0 Å². The van der Waals surface area contributed by atoms with Gasteiger partial charge in [-0.25, -0.2) is 0 Å². The van der Waals surface area contributed by atoms with Crippen LogP contribution in [0.5, 0.6) is 0 Å². The molecule has 0 fully saturated rings. The zero-order valence-electron chi connectivity index (χ0n) is 4.31. The lowest BCUT2D eigenvalue weighted by atomic mass is 10.4. The maximum absolute atomic E-state index is 11.7. The van der Waals surface area contributed by atoms with Crippen molar-refractivity contribution in [2.75, 3.05) is 0 Å². The van der Waals surface area contributed by atoms with Crippen LogP contribution in [0.2, 0.25) is 0 Å². The Kier molecular flexibility index (Phi) is 2.33. The molecule has 0 aromatic carbocycles. The smallest absolute Gasteiger partial charge is 0.261 e. The standard InChI is InChI=1S/C4H7FNO/c1-4(2)6(5)3-7/h4H,1-2H3. The zero-order valence-corrected chi connectivity index (χ0v) is 4.31. The highest BCUT2D eigenvalue weighted by Crippen LogP contribution is 1.91. The van der Waals surface area contributed by atoms with Gasteiger partial charge in [0.25, 0.3) is 0 Å². The van der Waals surface area contributed by atoms with E-state index in [1.54, 1.807) is 13.8 Å². The maximum Gasteiger partial charge on any atom is 0.342 e. The third kappa shape index (κ3) is 2.14. The van der Waals surface area contributed by atoms with E-state index in [9.17, 15) is 9.28 Å². The van der Waals surface area contributed by atoms with Crippen LogP contribution in [-0.4, -0.2) is 17.6 Å². The predicted molar refractivity (Wildman–Crippen MR) is 23.8 cm³/mol. The Balaban J connectivity index is 3.33. The fourth-order valence-electron chi connectivity index (χ4n) is 0.105. The molecule has 2 nitrogen and oxygen atoms in total. The molecule has 0 rings (SSSR count). The molecule has 41 valence electrons. The Morgan fingerprint density at radius 2 is 2.14 bits per heavy atom. The van der Waals surface area contributed by atoms with Gasteiger partial charge in [0.05, 0.1) is 6.04 Å². The minimum atomic E-state index is -0.391. The molecular weight excluding hydrogens is 97.0 g/mol. The van der Waals surface area contributed by atoms with Crippen LogP contribution in [0, 0.1) is 0 Å². The van der Waals surface area contributed by atoms with Crippen molar-refractivity contribution in [3.63, 3.8) is 0 Å². The quantitative estimate of drug-likeness (QED) is 0.372. The molecule has 0 aromatic heterocycles. The summed E-state index contributed by atoms with van der Waals surface area (Å²) in [5.41, 5.74) is 0. The summed E-state index contributed by atoms with van der Waals surface area (Å²) in [6.45, 7) is 3.12. The van der Waals surface area contributed by atoms with Crippen molar-refractivity contribution in [1.29, 1.82) is 0 Å². The molecule has 1 amide bonds. The molecule has 0 unspecified atom stereocenters. The monoisotopic (exact) mass is 104 g/mol. The summed E-state index contributed by atoms with van der Waals surface area (Å²) in [4.78, 5) is 9.37. The van der Waals surface area contributed by atoms with Crippen LogP contribution in [0.3, 0.4) is 0 Å². The van der Waals surface area contributed by atoms with Gasteiger partial charge >= 0.3 is 6.41 Å². The first-order chi connectivity index (χ1) is 3.18. The average Bonchev–Trinajstić information content (AvgIpc) is 1.65. The van der Waals surface area contributed by atoms with Crippen LogP contribution < -0.4 is 0 Å². The Bertz CT molecular complexity index is 64.7. The molecule has 0 aromatic rings. The highest BCUT2D eigenvalue weighted by atomic mass is 19.2. The highest BCUT2D eigenvalue weighted by molar-refractivity contribution is 5.46. The number of amides is 1. The van der Waals surface area contributed by atoms with Gasteiger partial charge in [0.15, 0.2) is 0 Å². The SMILES string of the molecule is CC(C)N(F)[C]=O. The van der Waals surface area contributed by atoms with E-state index < -0.39 is 6.04 Å². The predicted octanol–water partition coefficient (Wildman–Crippen LogP) is 0.649. The van der Waals surface area contributed by atoms with Crippen molar-refractivity contribution >= 4 is 6.41 Å². The van der Waals surface area contributed by atoms with Crippen LogP contribution in [-0.2, 0) is 4.79 Å². The maximum atomic E-state index is 11.7. The minimum absolute atomic E-state index is 0.0139. The molecule has 0 saturated heterocycles. The number of carbonyl (C=O) groups excluding carboxylic acids is 1. The van der Waals surface area contributed by atoms with Crippen LogP contribution in [0.4, 0.5) is 4.48 Å². The second kappa shape index (κ2) is 2.55. The molecule has 0 saturated carbocycles. The average molecular weight is 104 g/mol. The van der Waals surface area contributed by atoms with Crippen molar-refractivity contribution in [3.8, 4) is 0 Å². The van der Waals surface area contributed by atoms with Crippen molar-refractivity contribution < 1.29 is 9.28 Å². The summed E-state index contributed by atoms with van der Waals surface area (Å²) in [6, 6.07) is -0.391. The number of rotatable bonds is 2. The Morgan fingerprint density at radius 1 is 1.71 bits per heavy atom. The van der Waals surface area contributed by atoms with E-state index in [0.717, 1.165) is 6.41 Å². The van der Waals surface area contributed by atoms with E-state index in [1.807, 2.05) is 0 Å². The van der Waals surface area contributed by atoms with E-state index in [4.69, 9.17) is 0 Å². The van der Waals surface area contributed by atoms with E-state index >= 15 is 0 Å². The highest BCUT2D eigenvalue weighted by Gasteiger charge is 2.02. The van der Waals surface area contributed by atoms with Gasteiger partial charge in [-0.2, -0.15) is 5.12 Å². The van der Waals surface area contributed by atoms with E-state index in [2.05, 4.69) is 0 Å². The normalized spacial score (nSPS) is 9.14. The topological polar surface area (TPSA) is 20.3 Å². The lowest BCUT2D eigenvalue weighted by Gasteiger charge is -2.05. The van der Waals surface area contributed by atoms with Crippen molar-refractivity contribution in [2.45, 2.75) is 19.9 Å². The van der Waals surface area contributed by atoms with E-state index in [0.29, 0.717) is 0 Å². The van der Waals surface area contributed by atoms with Gasteiger partial charge in [-0.1, -0.05) is 4.48 Å². The third-order valence-corrected chi connectivity index (χ3v) is 0.541. The van der Waals surface area contributed by atoms with Crippen LogP contribution in [0.1, 0.15) is 13.8 Å². The van der Waals surface area contributed by atoms with Crippen LogP contribution >= 0.6 is 0 Å². The Labute approximate surface area is 41.9 Å². The van der Waals surface area contributed by atoms with Gasteiger partial charge in [0.2, 0.25) is 0 Å². The molecule has 3 heteroatoms. The van der Waals surface area contributed by atoms with Gasteiger partial charge in [-0.05, 0) is 13.8 Å². The lowest BCUT2D eigenvalue weighted by Crippen LogP contribution is -2.19. The van der Waals surface area contributed by atoms with Gasteiger partial charge in [0, 0.05) is 0 Å². The number of hydrogen-bond acceptors (Lipinski definition) is 1. The molecule has 0 aliphatic rings. The molecule has 7 heavy (non-hydrogen) atoms. The molecule has 1 radical (unpaired) electrons. The van der Waals surface area contributed by atoms with Gasteiger partial charge < -0.3 is 0 Å². The van der Waals surface area contributed by atoms with Crippen molar-refractivity contribution in [3.05, 3.63) is 0 Å². The molecule has 0 spiro atoms. The Hall–Kier alpha value is -0.600. The molecule has 0 aliphatic heterocycles. The van der Waals surface area contributed by atoms with E-state index in [-0.39, 0.29) is 5.12 Å². The van der Waals surface area contributed by atoms with Gasteiger partial charge in [-0.3, -0.25) is 4.79 Å². The first-order valence-electron chi connectivity index (χ1n) is 2.01. The second-order valence-corrected chi connectivity index (χ2v) is 1.50. The molecule has 0 N–H and O–H groups in total. The summed E-state index contributed by atoms with van der Waals surface area (Å²) < 4.78 is 11.7. The van der Waals surface area contributed by atoms with Gasteiger partial charge in [0.1, 0.15) is 0 Å². The van der Waals surface area contributed by atoms with E-state index in [1.165, 1.54) is 0 Å². The molecule has 0 atom stereocenters. The summed E-state index contributed by atoms with van der Waals surface area (Å²) in [5, 5.41) is -0.0139. The van der Waals surface area contributed by atoms with Crippen molar-refractivity contribution in [1.82, 2.24) is 5.12 Å². The Morgan fingerprint density at radius 3 is 2.14 bits per heavy atom. The number of hydrogen-bond donors (Lipinski definition) is 0. The number of halogens is 1.